The molecule has 1 aromatic carbocycles. The molecule has 1 aromatic rings. The molecule has 1 rings (SSSR count). The van der Waals surface area contributed by atoms with E-state index in [9.17, 15) is 4.39 Å². The molecule has 17 heavy (non-hydrogen) atoms. The van der Waals surface area contributed by atoms with Gasteiger partial charge in [0.25, 0.3) is 0 Å². The number of rotatable bonds is 4. The van der Waals surface area contributed by atoms with E-state index in [-0.39, 0.29) is 5.82 Å². The maximum atomic E-state index is 13.0. The molecular formula is C12H18FN3O. The summed E-state index contributed by atoms with van der Waals surface area (Å²) in [6.07, 6.45) is 0. The Hall–Kier alpha value is -1.78. The zero-order chi connectivity index (χ0) is 12.8. The summed E-state index contributed by atoms with van der Waals surface area (Å²) < 4.78 is 18.0. The van der Waals surface area contributed by atoms with Gasteiger partial charge < -0.3 is 15.8 Å². The minimum absolute atomic E-state index is 0.295. The monoisotopic (exact) mass is 239 g/mol. The van der Waals surface area contributed by atoms with E-state index >= 15 is 0 Å². The van der Waals surface area contributed by atoms with E-state index in [0.717, 1.165) is 0 Å². The average molecular weight is 239 g/mol. The smallest absolute Gasteiger partial charge is 0.193 e. The van der Waals surface area contributed by atoms with E-state index in [1.54, 1.807) is 6.07 Å². The summed E-state index contributed by atoms with van der Waals surface area (Å²) in [5.41, 5.74) is 6.30. The number of hydrogen-bond acceptors (Lipinski definition) is 2. The molecule has 0 unspecified atom stereocenters. The zero-order valence-corrected chi connectivity index (χ0v) is 10.3. The van der Waals surface area contributed by atoms with Gasteiger partial charge in [-0.15, -0.1) is 0 Å². The maximum absolute atomic E-state index is 13.0. The molecule has 0 atom stereocenters. The molecule has 0 aromatic heterocycles. The van der Waals surface area contributed by atoms with Gasteiger partial charge in [-0.3, -0.25) is 4.99 Å². The predicted molar refractivity (Wildman–Crippen MR) is 67.9 cm³/mol. The van der Waals surface area contributed by atoms with Crippen molar-refractivity contribution in [3.8, 4) is 5.75 Å². The van der Waals surface area contributed by atoms with Gasteiger partial charge in [0.1, 0.15) is 11.6 Å². The summed E-state index contributed by atoms with van der Waals surface area (Å²) in [6.45, 7) is 4.74. The van der Waals surface area contributed by atoms with Crippen LogP contribution in [-0.4, -0.2) is 19.6 Å². The van der Waals surface area contributed by atoms with Crippen molar-refractivity contribution in [1.82, 2.24) is 0 Å². The van der Waals surface area contributed by atoms with Crippen LogP contribution >= 0.6 is 0 Å². The largest absolute Gasteiger partial charge is 0.494 e. The molecule has 0 fully saturated rings. The van der Waals surface area contributed by atoms with Crippen molar-refractivity contribution in [2.24, 2.45) is 16.6 Å². The van der Waals surface area contributed by atoms with Crippen molar-refractivity contribution in [1.29, 1.82) is 0 Å². The molecule has 0 saturated carbocycles. The first-order valence-electron chi connectivity index (χ1n) is 5.43. The fraction of sp³-hybridized carbons (Fsp3) is 0.417. The molecule has 94 valence electrons. The Bertz CT molecular complexity index is 405. The Labute approximate surface area is 101 Å². The molecule has 0 heterocycles. The molecule has 0 amide bonds. The Kier molecular flexibility index (Phi) is 4.75. The molecular weight excluding hydrogens is 221 g/mol. The minimum atomic E-state index is -0.356. The average Bonchev–Trinajstić information content (AvgIpc) is 2.28. The van der Waals surface area contributed by atoms with Gasteiger partial charge >= 0.3 is 0 Å². The Morgan fingerprint density at radius 3 is 2.82 bits per heavy atom. The molecule has 0 aliphatic heterocycles. The number of methoxy groups -OCH3 is 1. The van der Waals surface area contributed by atoms with Crippen molar-refractivity contribution < 1.29 is 9.13 Å². The number of anilines is 1. The number of nitrogens with two attached hydrogens (primary N) is 1. The van der Waals surface area contributed by atoms with Gasteiger partial charge in [-0.2, -0.15) is 0 Å². The summed E-state index contributed by atoms with van der Waals surface area (Å²) in [4.78, 5) is 4.15. The first kappa shape index (κ1) is 13.3. The molecule has 0 bridgehead atoms. The lowest BCUT2D eigenvalue weighted by Crippen LogP contribution is -2.23. The Morgan fingerprint density at radius 1 is 1.53 bits per heavy atom. The highest BCUT2D eigenvalue weighted by Crippen LogP contribution is 2.24. The van der Waals surface area contributed by atoms with Crippen LogP contribution in [-0.2, 0) is 0 Å². The number of aliphatic imine (C=N–C) groups is 1. The molecule has 0 aliphatic carbocycles. The second-order valence-corrected chi connectivity index (χ2v) is 4.09. The second-order valence-electron chi connectivity index (χ2n) is 4.09. The van der Waals surface area contributed by atoms with Crippen LogP contribution in [0.4, 0.5) is 10.1 Å². The standard InChI is InChI=1S/C12H18FN3O/c1-8(2)7-15-12(14)16-10-5-4-9(13)6-11(10)17-3/h4-6,8H,7H2,1-3H3,(H3,14,15,16). The van der Waals surface area contributed by atoms with E-state index in [1.807, 2.05) is 0 Å². The SMILES string of the molecule is COc1cc(F)ccc1NC(N)=NCC(C)C. The van der Waals surface area contributed by atoms with Crippen molar-refractivity contribution in [2.75, 3.05) is 19.0 Å². The lowest BCUT2D eigenvalue weighted by molar-refractivity contribution is 0.413. The maximum Gasteiger partial charge on any atom is 0.193 e. The summed E-state index contributed by atoms with van der Waals surface area (Å²) in [5, 5.41) is 2.88. The normalized spacial score (nSPS) is 11.7. The van der Waals surface area contributed by atoms with Crippen LogP contribution in [0.1, 0.15) is 13.8 Å². The first-order chi connectivity index (χ1) is 8.02. The molecule has 0 saturated heterocycles. The van der Waals surface area contributed by atoms with Crippen LogP contribution in [0.2, 0.25) is 0 Å². The van der Waals surface area contributed by atoms with E-state index < -0.39 is 0 Å². The van der Waals surface area contributed by atoms with Gasteiger partial charge in [0.15, 0.2) is 5.96 Å². The number of hydrogen-bond donors (Lipinski definition) is 2. The number of nitrogens with zero attached hydrogens (tertiary/aromatic N) is 1. The summed E-state index contributed by atoms with van der Waals surface area (Å²) in [6, 6.07) is 4.19. The molecule has 0 radical (unpaired) electrons. The number of guanidine groups is 1. The topological polar surface area (TPSA) is 59.6 Å². The number of ether oxygens (including phenoxy) is 1. The van der Waals surface area contributed by atoms with E-state index in [2.05, 4.69) is 24.2 Å². The minimum Gasteiger partial charge on any atom is -0.494 e. The van der Waals surface area contributed by atoms with Gasteiger partial charge in [0.05, 0.1) is 12.8 Å². The lowest BCUT2D eigenvalue weighted by Gasteiger charge is -2.10. The van der Waals surface area contributed by atoms with Crippen molar-refractivity contribution in [2.45, 2.75) is 13.8 Å². The summed E-state index contributed by atoms with van der Waals surface area (Å²) >= 11 is 0. The van der Waals surface area contributed by atoms with Crippen LogP contribution in [0, 0.1) is 11.7 Å². The van der Waals surface area contributed by atoms with Crippen molar-refractivity contribution in [3.63, 3.8) is 0 Å². The van der Waals surface area contributed by atoms with Gasteiger partial charge in [0.2, 0.25) is 0 Å². The molecule has 5 heteroatoms. The number of halogens is 1. The third-order valence-corrected chi connectivity index (χ3v) is 2.05. The highest BCUT2D eigenvalue weighted by atomic mass is 19.1. The second kappa shape index (κ2) is 6.08. The molecule has 3 N–H and O–H groups in total. The third kappa shape index (κ3) is 4.30. The number of nitrogens with one attached hydrogen (secondary N) is 1. The van der Waals surface area contributed by atoms with E-state index in [4.69, 9.17) is 10.5 Å². The third-order valence-electron chi connectivity index (χ3n) is 2.05. The Morgan fingerprint density at radius 2 is 2.24 bits per heavy atom. The van der Waals surface area contributed by atoms with Gasteiger partial charge in [-0.25, -0.2) is 4.39 Å². The first-order valence-corrected chi connectivity index (χ1v) is 5.43. The summed E-state index contributed by atoms with van der Waals surface area (Å²) in [7, 11) is 1.47. The number of benzene rings is 1. The molecule has 0 spiro atoms. The van der Waals surface area contributed by atoms with Crippen LogP contribution in [0.25, 0.3) is 0 Å². The van der Waals surface area contributed by atoms with E-state index in [0.29, 0.717) is 29.9 Å². The van der Waals surface area contributed by atoms with Crippen molar-refractivity contribution in [3.05, 3.63) is 24.0 Å². The van der Waals surface area contributed by atoms with Crippen LogP contribution < -0.4 is 15.8 Å². The lowest BCUT2D eigenvalue weighted by atomic mass is 10.2. The fourth-order valence-electron chi connectivity index (χ4n) is 1.23. The van der Waals surface area contributed by atoms with Gasteiger partial charge in [-0.1, -0.05) is 13.8 Å². The van der Waals surface area contributed by atoms with Gasteiger partial charge in [-0.05, 0) is 18.1 Å². The van der Waals surface area contributed by atoms with Gasteiger partial charge in [0, 0.05) is 12.6 Å². The highest BCUT2D eigenvalue weighted by Gasteiger charge is 2.05. The highest BCUT2D eigenvalue weighted by molar-refractivity contribution is 5.93. The fourth-order valence-corrected chi connectivity index (χ4v) is 1.23. The van der Waals surface area contributed by atoms with Crippen molar-refractivity contribution >= 4 is 11.6 Å². The van der Waals surface area contributed by atoms with Crippen LogP contribution in [0.3, 0.4) is 0 Å². The van der Waals surface area contributed by atoms with Crippen LogP contribution in [0.15, 0.2) is 23.2 Å². The zero-order valence-electron chi connectivity index (χ0n) is 10.3. The predicted octanol–water partition coefficient (Wildman–Crippen LogP) is 2.22. The quantitative estimate of drug-likeness (QED) is 0.625. The summed E-state index contributed by atoms with van der Waals surface area (Å²) in [5.74, 6) is 0.770. The molecule has 0 aliphatic rings. The van der Waals surface area contributed by atoms with Crippen LogP contribution in [0.5, 0.6) is 5.75 Å². The van der Waals surface area contributed by atoms with E-state index in [1.165, 1.54) is 19.2 Å². The Balaban J connectivity index is 2.77. The molecule has 4 nitrogen and oxygen atoms in total.